The van der Waals surface area contributed by atoms with Gasteiger partial charge in [-0.25, -0.2) is 0 Å². The van der Waals surface area contributed by atoms with E-state index in [-0.39, 0.29) is 0 Å². The molecule has 0 bridgehead atoms. The molecule has 2 rings (SSSR count). The second-order valence-corrected chi connectivity index (χ2v) is 3.69. The van der Waals surface area contributed by atoms with Crippen molar-refractivity contribution < 1.29 is 0 Å². The molecule has 0 radical (unpaired) electrons. The van der Waals surface area contributed by atoms with Crippen molar-refractivity contribution in [3.63, 3.8) is 0 Å². The van der Waals surface area contributed by atoms with Crippen LogP contribution in [-0.4, -0.2) is 26.2 Å². The minimum Gasteiger partial charge on any atom is -0.368 e. The van der Waals surface area contributed by atoms with E-state index in [1.165, 1.54) is 0 Å². The van der Waals surface area contributed by atoms with Crippen LogP contribution in [0.5, 0.6) is 0 Å². The molecule has 80 valence electrons. The smallest absolute Gasteiger partial charge is 0.101 e. The summed E-state index contributed by atoms with van der Waals surface area (Å²) in [7, 11) is 0. The molecule has 0 atom stereocenters. The highest BCUT2D eigenvalue weighted by atomic mass is 15.2. The Morgan fingerprint density at radius 1 is 1.12 bits per heavy atom. The molecule has 1 aliphatic rings. The maximum atomic E-state index is 9.07. The monoisotopic (exact) mass is 212 g/mol. The Kier molecular flexibility index (Phi) is 3.05. The molecule has 1 saturated heterocycles. The molecule has 1 heterocycles. The van der Waals surface area contributed by atoms with Crippen molar-refractivity contribution in [1.82, 2.24) is 5.32 Å². The number of nitrogens with zero attached hydrogens (tertiary/aromatic N) is 3. The number of nitriles is 2. The van der Waals surface area contributed by atoms with Crippen molar-refractivity contribution in [2.24, 2.45) is 0 Å². The van der Waals surface area contributed by atoms with Gasteiger partial charge in [0.15, 0.2) is 0 Å². The van der Waals surface area contributed by atoms with Gasteiger partial charge in [0.05, 0.1) is 22.9 Å². The lowest BCUT2D eigenvalue weighted by atomic mass is 10.1. The molecular formula is C12H12N4. The van der Waals surface area contributed by atoms with Crippen LogP contribution >= 0.6 is 0 Å². The maximum Gasteiger partial charge on any atom is 0.101 e. The van der Waals surface area contributed by atoms with Crippen molar-refractivity contribution in [3.8, 4) is 12.1 Å². The van der Waals surface area contributed by atoms with Crippen LogP contribution in [0.3, 0.4) is 0 Å². The summed E-state index contributed by atoms with van der Waals surface area (Å²) in [6.45, 7) is 3.68. The number of nitrogens with one attached hydrogen (secondary N) is 1. The fourth-order valence-corrected chi connectivity index (χ4v) is 1.88. The summed E-state index contributed by atoms with van der Waals surface area (Å²) in [5.41, 5.74) is 2.05. The highest BCUT2D eigenvalue weighted by Gasteiger charge is 2.14. The third kappa shape index (κ3) is 1.98. The highest BCUT2D eigenvalue weighted by Crippen LogP contribution is 2.21. The Balaban J connectivity index is 2.33. The van der Waals surface area contributed by atoms with Gasteiger partial charge >= 0.3 is 0 Å². The van der Waals surface area contributed by atoms with E-state index in [0.29, 0.717) is 11.1 Å². The first-order valence-electron chi connectivity index (χ1n) is 5.25. The first-order chi connectivity index (χ1) is 7.85. The summed E-state index contributed by atoms with van der Waals surface area (Å²) in [6, 6.07) is 9.48. The number of rotatable bonds is 1. The van der Waals surface area contributed by atoms with Gasteiger partial charge in [0.2, 0.25) is 0 Å². The number of piperazine rings is 1. The van der Waals surface area contributed by atoms with Crippen LogP contribution < -0.4 is 10.2 Å². The van der Waals surface area contributed by atoms with Crippen molar-refractivity contribution in [2.45, 2.75) is 0 Å². The molecule has 0 spiro atoms. The van der Waals surface area contributed by atoms with E-state index in [1.54, 1.807) is 12.1 Å². The number of hydrogen-bond donors (Lipinski definition) is 1. The largest absolute Gasteiger partial charge is 0.368 e. The molecule has 0 saturated carbocycles. The molecule has 0 aliphatic carbocycles. The zero-order valence-corrected chi connectivity index (χ0v) is 8.90. The Bertz CT molecular complexity index is 461. The molecule has 4 heteroatoms. The Labute approximate surface area is 94.7 Å². The molecule has 1 aromatic rings. The predicted octanol–water partition coefficient (Wildman–Crippen LogP) is 0.840. The first kappa shape index (κ1) is 10.5. The molecule has 16 heavy (non-hydrogen) atoms. The lowest BCUT2D eigenvalue weighted by Gasteiger charge is -2.30. The van der Waals surface area contributed by atoms with Gasteiger partial charge in [0.25, 0.3) is 0 Å². The lowest BCUT2D eigenvalue weighted by molar-refractivity contribution is 0.589. The molecule has 1 N–H and O–H groups in total. The summed E-state index contributed by atoms with van der Waals surface area (Å²) in [5, 5.41) is 21.1. The number of benzene rings is 1. The first-order valence-corrected chi connectivity index (χ1v) is 5.25. The number of hydrogen-bond acceptors (Lipinski definition) is 4. The zero-order chi connectivity index (χ0) is 11.4. The minimum absolute atomic E-state index is 0.537. The summed E-state index contributed by atoms with van der Waals surface area (Å²) in [5.74, 6) is 0. The normalized spacial score (nSPS) is 15.2. The average Bonchev–Trinajstić information content (AvgIpc) is 2.39. The Morgan fingerprint density at radius 3 is 2.50 bits per heavy atom. The van der Waals surface area contributed by atoms with Crippen LogP contribution in [0, 0.1) is 22.7 Å². The highest BCUT2D eigenvalue weighted by molar-refractivity contribution is 5.62. The molecular weight excluding hydrogens is 200 g/mol. The number of anilines is 1. The second kappa shape index (κ2) is 4.65. The van der Waals surface area contributed by atoms with Gasteiger partial charge in [-0.2, -0.15) is 10.5 Å². The fraction of sp³-hybridized carbons (Fsp3) is 0.333. The van der Waals surface area contributed by atoms with E-state index in [9.17, 15) is 0 Å². The molecule has 4 nitrogen and oxygen atoms in total. The Hall–Kier alpha value is -2.04. The minimum atomic E-state index is 0.537. The Morgan fingerprint density at radius 2 is 1.88 bits per heavy atom. The van der Waals surface area contributed by atoms with E-state index in [4.69, 9.17) is 10.5 Å². The van der Waals surface area contributed by atoms with Gasteiger partial charge in [-0.1, -0.05) is 0 Å². The molecule has 1 fully saturated rings. The standard InChI is InChI=1S/C12H12N4/c13-8-10-1-2-12(11(7-10)9-14)16-5-3-15-4-6-16/h1-2,7,15H,3-6H2. The van der Waals surface area contributed by atoms with Crippen molar-refractivity contribution in [3.05, 3.63) is 29.3 Å². The van der Waals surface area contributed by atoms with Gasteiger partial charge in [-0.15, -0.1) is 0 Å². The van der Waals surface area contributed by atoms with E-state index in [1.807, 2.05) is 12.1 Å². The van der Waals surface area contributed by atoms with Gasteiger partial charge in [0, 0.05) is 26.2 Å². The molecule has 0 aromatic heterocycles. The van der Waals surface area contributed by atoms with Crippen LogP contribution in [0.1, 0.15) is 11.1 Å². The lowest BCUT2D eigenvalue weighted by Crippen LogP contribution is -2.43. The molecule has 0 unspecified atom stereocenters. The quantitative estimate of drug-likeness (QED) is 0.749. The third-order valence-corrected chi connectivity index (χ3v) is 2.70. The third-order valence-electron chi connectivity index (χ3n) is 2.70. The summed E-state index contributed by atoms with van der Waals surface area (Å²) in [4.78, 5) is 2.18. The SMILES string of the molecule is N#Cc1ccc(N2CCNCC2)c(C#N)c1. The van der Waals surface area contributed by atoms with Crippen LogP contribution in [-0.2, 0) is 0 Å². The van der Waals surface area contributed by atoms with Crippen molar-refractivity contribution in [1.29, 1.82) is 10.5 Å². The average molecular weight is 212 g/mol. The van der Waals surface area contributed by atoms with Crippen LogP contribution in [0.15, 0.2) is 18.2 Å². The maximum absolute atomic E-state index is 9.07. The molecule has 0 amide bonds. The summed E-state index contributed by atoms with van der Waals surface area (Å²) < 4.78 is 0. The van der Waals surface area contributed by atoms with Gasteiger partial charge in [-0.05, 0) is 18.2 Å². The second-order valence-electron chi connectivity index (χ2n) is 3.69. The van der Waals surface area contributed by atoms with E-state index in [0.717, 1.165) is 31.9 Å². The van der Waals surface area contributed by atoms with E-state index in [2.05, 4.69) is 16.3 Å². The van der Waals surface area contributed by atoms with Crippen LogP contribution in [0.2, 0.25) is 0 Å². The van der Waals surface area contributed by atoms with Gasteiger partial charge < -0.3 is 10.2 Å². The van der Waals surface area contributed by atoms with E-state index >= 15 is 0 Å². The zero-order valence-electron chi connectivity index (χ0n) is 8.90. The van der Waals surface area contributed by atoms with Crippen molar-refractivity contribution >= 4 is 5.69 Å². The molecule has 1 aromatic carbocycles. The topological polar surface area (TPSA) is 62.9 Å². The van der Waals surface area contributed by atoms with Crippen LogP contribution in [0.25, 0.3) is 0 Å². The fourth-order valence-electron chi connectivity index (χ4n) is 1.88. The van der Waals surface area contributed by atoms with Gasteiger partial charge in [-0.3, -0.25) is 0 Å². The van der Waals surface area contributed by atoms with Crippen molar-refractivity contribution in [2.75, 3.05) is 31.1 Å². The van der Waals surface area contributed by atoms with E-state index < -0.39 is 0 Å². The summed E-state index contributed by atoms with van der Waals surface area (Å²) >= 11 is 0. The molecule has 1 aliphatic heterocycles. The van der Waals surface area contributed by atoms with Gasteiger partial charge in [0.1, 0.15) is 6.07 Å². The summed E-state index contributed by atoms with van der Waals surface area (Å²) in [6.07, 6.45) is 0. The van der Waals surface area contributed by atoms with Crippen LogP contribution in [0.4, 0.5) is 5.69 Å². The predicted molar refractivity (Wildman–Crippen MR) is 61.0 cm³/mol.